The van der Waals surface area contributed by atoms with E-state index in [0.717, 1.165) is 5.56 Å². The number of sulfonamides is 1. The minimum Gasteiger partial charge on any atom is -0.465 e. The van der Waals surface area contributed by atoms with Gasteiger partial charge >= 0.3 is 5.97 Å². The predicted molar refractivity (Wildman–Crippen MR) is 126 cm³/mol. The third-order valence-corrected chi connectivity index (χ3v) is 7.22. The van der Waals surface area contributed by atoms with E-state index in [2.05, 4.69) is 4.72 Å². The van der Waals surface area contributed by atoms with Gasteiger partial charge in [0.2, 0.25) is 5.09 Å². The van der Waals surface area contributed by atoms with Gasteiger partial charge in [0.25, 0.3) is 10.0 Å². The van der Waals surface area contributed by atoms with E-state index in [0.29, 0.717) is 37.9 Å². The molecule has 0 saturated heterocycles. The van der Waals surface area contributed by atoms with Gasteiger partial charge in [-0.05, 0) is 35.9 Å². The summed E-state index contributed by atoms with van der Waals surface area (Å²) in [7, 11) is -2.64. The minimum atomic E-state index is -3.97. The zero-order valence-electron chi connectivity index (χ0n) is 16.9. The van der Waals surface area contributed by atoms with Crippen molar-refractivity contribution in [1.29, 1.82) is 0 Å². The summed E-state index contributed by atoms with van der Waals surface area (Å²) in [6.07, 6.45) is 0. The number of para-hydroxylation sites is 1. The van der Waals surface area contributed by atoms with Gasteiger partial charge in [0.05, 0.1) is 18.4 Å². The van der Waals surface area contributed by atoms with Crippen molar-refractivity contribution in [3.05, 3.63) is 88.9 Å². The molecule has 0 fully saturated rings. The maximum atomic E-state index is 13.0. The lowest BCUT2D eigenvalue weighted by Crippen LogP contribution is -2.12. The third kappa shape index (κ3) is 4.77. The molecule has 0 saturated carbocycles. The van der Waals surface area contributed by atoms with Crippen LogP contribution in [0.25, 0.3) is 11.0 Å². The van der Waals surface area contributed by atoms with Gasteiger partial charge in [0.15, 0.2) is 0 Å². The Kier molecular flexibility index (Phi) is 6.45. The van der Waals surface area contributed by atoms with Crippen molar-refractivity contribution in [1.82, 2.24) is 0 Å². The molecule has 0 aliphatic carbocycles. The highest BCUT2D eigenvalue weighted by Gasteiger charge is 2.21. The van der Waals surface area contributed by atoms with Crippen molar-refractivity contribution < 1.29 is 22.4 Å². The molecule has 0 amide bonds. The third-order valence-electron chi connectivity index (χ3n) is 4.66. The normalized spacial score (nSPS) is 11.4. The molecule has 1 N–H and O–H groups in total. The van der Waals surface area contributed by atoms with Crippen LogP contribution in [-0.4, -0.2) is 21.5 Å². The van der Waals surface area contributed by atoms with E-state index >= 15 is 0 Å². The van der Waals surface area contributed by atoms with Crippen LogP contribution in [0.5, 0.6) is 0 Å². The fourth-order valence-corrected chi connectivity index (χ4v) is 5.49. The average Bonchev–Trinajstić information content (AvgIpc) is 3.24. The van der Waals surface area contributed by atoms with Crippen molar-refractivity contribution in [2.45, 2.75) is 15.7 Å². The topological polar surface area (TPSA) is 85.6 Å². The van der Waals surface area contributed by atoms with Crippen LogP contribution < -0.4 is 4.72 Å². The molecular formula is C23H18ClNO5S2. The first-order chi connectivity index (χ1) is 15.4. The number of nitrogens with one attached hydrogen (secondary N) is 1. The Labute approximate surface area is 194 Å². The predicted octanol–water partition coefficient (Wildman–Crippen LogP) is 5.97. The number of halogens is 1. The van der Waals surface area contributed by atoms with Gasteiger partial charge < -0.3 is 9.15 Å². The number of thioether (sulfide) groups is 1. The van der Waals surface area contributed by atoms with Crippen molar-refractivity contribution in [3.63, 3.8) is 0 Å². The summed E-state index contributed by atoms with van der Waals surface area (Å²) in [6, 6.07) is 20.5. The number of carbonyl (C=O) groups is 1. The first-order valence-electron chi connectivity index (χ1n) is 9.47. The number of hydrogen-bond acceptors (Lipinski definition) is 6. The zero-order valence-corrected chi connectivity index (χ0v) is 19.3. The van der Waals surface area contributed by atoms with Crippen LogP contribution >= 0.6 is 23.4 Å². The van der Waals surface area contributed by atoms with Crippen LogP contribution in [0.2, 0.25) is 5.02 Å². The molecule has 0 radical (unpaired) electrons. The number of rotatable bonds is 7. The lowest BCUT2D eigenvalue weighted by molar-refractivity contribution is 0.0600. The lowest BCUT2D eigenvalue weighted by Gasteiger charge is -2.13. The molecule has 0 aliphatic heterocycles. The fraction of sp³-hybridized carbons (Fsp3) is 0.0870. The molecule has 0 bridgehead atoms. The van der Waals surface area contributed by atoms with E-state index in [-0.39, 0.29) is 5.09 Å². The number of benzene rings is 3. The minimum absolute atomic E-state index is 0.180. The highest BCUT2D eigenvalue weighted by atomic mass is 35.5. The number of esters is 1. The number of anilines is 1. The molecule has 0 unspecified atom stereocenters. The van der Waals surface area contributed by atoms with Gasteiger partial charge in [-0.3, -0.25) is 4.72 Å². The van der Waals surface area contributed by atoms with Gasteiger partial charge in [-0.25, -0.2) is 4.79 Å². The van der Waals surface area contributed by atoms with E-state index in [1.165, 1.54) is 24.9 Å². The van der Waals surface area contributed by atoms with E-state index in [4.69, 9.17) is 20.8 Å². The Bertz CT molecular complexity index is 1370. The van der Waals surface area contributed by atoms with Gasteiger partial charge in [-0.1, -0.05) is 48.0 Å². The second-order valence-electron chi connectivity index (χ2n) is 6.79. The molecule has 0 aliphatic rings. The molecule has 32 heavy (non-hydrogen) atoms. The molecule has 0 atom stereocenters. The first kappa shape index (κ1) is 22.3. The molecule has 4 rings (SSSR count). The van der Waals surface area contributed by atoms with Crippen molar-refractivity contribution >= 4 is 56.0 Å². The molecule has 1 heterocycles. The molecular weight excluding hydrogens is 470 g/mol. The number of hydrogen-bond donors (Lipinski definition) is 1. The van der Waals surface area contributed by atoms with Gasteiger partial charge in [-0.2, -0.15) is 8.42 Å². The molecule has 3 aromatic carbocycles. The summed E-state index contributed by atoms with van der Waals surface area (Å²) in [5.74, 6) is -0.0246. The molecule has 164 valence electrons. The molecule has 0 spiro atoms. The van der Waals surface area contributed by atoms with E-state index < -0.39 is 16.0 Å². The average molecular weight is 488 g/mol. The lowest BCUT2D eigenvalue weighted by atomic mass is 10.1. The maximum absolute atomic E-state index is 13.0. The summed E-state index contributed by atoms with van der Waals surface area (Å²) in [4.78, 5) is 12.6. The Morgan fingerprint density at radius 3 is 2.59 bits per heavy atom. The SMILES string of the molecule is COC(=O)c1ccccc1CSc1cc(Cl)ccc1NS(=O)(=O)c1cc2ccccc2o1. The van der Waals surface area contributed by atoms with Gasteiger partial charge in [0, 0.05) is 27.1 Å². The number of carbonyl (C=O) groups excluding carboxylic acids is 1. The van der Waals surface area contributed by atoms with Crippen molar-refractivity contribution in [2.75, 3.05) is 11.8 Å². The van der Waals surface area contributed by atoms with E-state index in [1.807, 2.05) is 18.2 Å². The second kappa shape index (κ2) is 9.28. The Balaban J connectivity index is 1.61. The van der Waals surface area contributed by atoms with Crippen LogP contribution in [0.15, 0.2) is 87.2 Å². The monoisotopic (exact) mass is 487 g/mol. The highest BCUT2D eigenvalue weighted by Crippen LogP contribution is 2.35. The number of fused-ring (bicyclic) bond motifs is 1. The van der Waals surface area contributed by atoms with Gasteiger partial charge in [-0.15, -0.1) is 11.8 Å². The molecule has 9 heteroatoms. The smallest absolute Gasteiger partial charge is 0.338 e. The Morgan fingerprint density at radius 1 is 1.06 bits per heavy atom. The Morgan fingerprint density at radius 2 is 1.81 bits per heavy atom. The highest BCUT2D eigenvalue weighted by molar-refractivity contribution is 7.98. The van der Waals surface area contributed by atoms with Gasteiger partial charge in [0.1, 0.15) is 5.58 Å². The molecule has 1 aromatic heterocycles. The standard InChI is InChI=1S/C23H18ClNO5S2/c1-29-23(26)18-8-4-2-7-16(18)14-31-21-13-17(24)10-11-19(21)25-32(27,28)22-12-15-6-3-5-9-20(15)30-22/h2-13,25H,14H2,1H3. The van der Waals surface area contributed by atoms with Crippen LogP contribution in [0.1, 0.15) is 15.9 Å². The van der Waals surface area contributed by atoms with Crippen LogP contribution in [0.3, 0.4) is 0 Å². The summed E-state index contributed by atoms with van der Waals surface area (Å²) in [6.45, 7) is 0. The quantitative estimate of drug-likeness (QED) is 0.255. The van der Waals surface area contributed by atoms with Crippen LogP contribution in [-0.2, 0) is 20.5 Å². The second-order valence-corrected chi connectivity index (χ2v) is 9.85. The summed E-state index contributed by atoms with van der Waals surface area (Å²) < 4.78 is 38.9. The largest absolute Gasteiger partial charge is 0.465 e. The van der Waals surface area contributed by atoms with E-state index in [9.17, 15) is 13.2 Å². The first-order valence-corrected chi connectivity index (χ1v) is 12.3. The summed E-state index contributed by atoms with van der Waals surface area (Å²) in [5.41, 5.74) is 2.05. The number of furan rings is 1. The summed E-state index contributed by atoms with van der Waals surface area (Å²) >= 11 is 7.51. The number of ether oxygens (including phenoxy) is 1. The van der Waals surface area contributed by atoms with Crippen molar-refractivity contribution in [2.24, 2.45) is 0 Å². The Hall–Kier alpha value is -2.94. The van der Waals surface area contributed by atoms with Crippen LogP contribution in [0.4, 0.5) is 5.69 Å². The molecule has 4 aromatic rings. The maximum Gasteiger partial charge on any atom is 0.338 e. The molecule has 6 nitrogen and oxygen atoms in total. The van der Waals surface area contributed by atoms with Crippen LogP contribution in [0, 0.1) is 0 Å². The fourth-order valence-electron chi connectivity index (χ4n) is 3.10. The number of methoxy groups -OCH3 is 1. The van der Waals surface area contributed by atoms with E-state index in [1.54, 1.807) is 48.5 Å². The summed E-state index contributed by atoms with van der Waals surface area (Å²) in [5, 5.41) is 0.971. The zero-order chi connectivity index (χ0) is 22.7. The van der Waals surface area contributed by atoms with Crippen molar-refractivity contribution in [3.8, 4) is 0 Å².